The summed E-state index contributed by atoms with van der Waals surface area (Å²) in [5.74, 6) is -2.11. The Morgan fingerprint density at radius 1 is 1.33 bits per heavy atom. The average molecular weight is 309 g/mol. The summed E-state index contributed by atoms with van der Waals surface area (Å²) in [6, 6.07) is 5.42. The number of ether oxygens (including phenoxy) is 1. The second-order valence-electron chi connectivity index (χ2n) is 4.23. The third-order valence-electron chi connectivity index (χ3n) is 2.77. The van der Waals surface area contributed by atoms with Gasteiger partial charge in [0.05, 0.1) is 17.7 Å². The lowest BCUT2D eigenvalue weighted by atomic mass is 10.2. The Kier molecular flexibility index (Phi) is 4.23. The van der Waals surface area contributed by atoms with Crippen molar-refractivity contribution in [1.82, 2.24) is 0 Å². The fourth-order valence-electron chi connectivity index (χ4n) is 1.74. The monoisotopic (exact) mass is 309 g/mol. The lowest BCUT2D eigenvalue weighted by Crippen LogP contribution is -2.12. The van der Waals surface area contributed by atoms with Crippen LogP contribution in [0.1, 0.15) is 25.6 Å². The number of carbonyl (C=O) groups excluding carboxylic acids is 1. The highest BCUT2D eigenvalue weighted by molar-refractivity contribution is 7.18. The molecule has 0 saturated carbocycles. The van der Waals surface area contributed by atoms with Crippen molar-refractivity contribution in [2.75, 3.05) is 12.4 Å². The van der Waals surface area contributed by atoms with Crippen LogP contribution in [0.4, 0.5) is 9.39 Å². The number of carboxylic acid groups (broad SMARTS) is 1. The van der Waals surface area contributed by atoms with Crippen molar-refractivity contribution in [1.29, 1.82) is 0 Å². The van der Waals surface area contributed by atoms with E-state index >= 15 is 0 Å². The molecule has 1 amide bonds. The molecular formula is C14H12FNO4S. The number of hydrogen-bond acceptors (Lipinski definition) is 4. The number of anilines is 1. The molecule has 5 nitrogen and oxygen atoms in total. The van der Waals surface area contributed by atoms with Gasteiger partial charge in [-0.3, -0.25) is 4.79 Å². The van der Waals surface area contributed by atoms with Gasteiger partial charge in [0.2, 0.25) is 0 Å². The molecule has 1 heterocycles. The van der Waals surface area contributed by atoms with Gasteiger partial charge in [0, 0.05) is 6.07 Å². The molecule has 0 aliphatic carbocycles. The quantitative estimate of drug-likeness (QED) is 0.909. The van der Waals surface area contributed by atoms with E-state index in [-0.39, 0.29) is 10.4 Å². The van der Waals surface area contributed by atoms with E-state index in [2.05, 4.69) is 5.32 Å². The molecule has 2 rings (SSSR count). The fourth-order valence-corrected chi connectivity index (χ4v) is 2.65. The van der Waals surface area contributed by atoms with Crippen LogP contribution in [0.15, 0.2) is 24.3 Å². The number of carboxylic acids is 1. The van der Waals surface area contributed by atoms with Crippen LogP contribution in [-0.4, -0.2) is 24.1 Å². The number of methoxy groups -OCH3 is 1. The molecule has 1 aromatic heterocycles. The number of hydrogen-bond donors (Lipinski definition) is 2. The Morgan fingerprint density at radius 3 is 2.57 bits per heavy atom. The summed E-state index contributed by atoms with van der Waals surface area (Å²) in [5.41, 5.74) is 0.400. The Morgan fingerprint density at radius 2 is 2.05 bits per heavy atom. The van der Waals surface area contributed by atoms with Gasteiger partial charge in [-0.1, -0.05) is 0 Å². The number of aryl methyl sites for hydroxylation is 1. The van der Waals surface area contributed by atoms with Gasteiger partial charge in [0.15, 0.2) is 0 Å². The SMILES string of the molecule is COc1ccc(C(=O)Nc2cc(C)c(C(=O)O)s2)c(F)c1. The van der Waals surface area contributed by atoms with Crippen molar-refractivity contribution in [3.05, 3.63) is 46.1 Å². The van der Waals surface area contributed by atoms with Crippen molar-refractivity contribution in [3.63, 3.8) is 0 Å². The molecule has 0 atom stereocenters. The Bertz CT molecular complexity index is 711. The van der Waals surface area contributed by atoms with Gasteiger partial charge in [-0.25, -0.2) is 9.18 Å². The molecule has 0 aliphatic rings. The number of benzene rings is 1. The van der Waals surface area contributed by atoms with Gasteiger partial charge in [0.25, 0.3) is 5.91 Å². The van der Waals surface area contributed by atoms with Crippen LogP contribution in [-0.2, 0) is 0 Å². The lowest BCUT2D eigenvalue weighted by molar-refractivity contribution is 0.0701. The molecule has 0 unspecified atom stereocenters. The third-order valence-corrected chi connectivity index (χ3v) is 3.91. The van der Waals surface area contributed by atoms with Crippen molar-refractivity contribution < 1.29 is 23.8 Å². The number of thiophene rings is 1. The van der Waals surface area contributed by atoms with E-state index < -0.39 is 17.7 Å². The van der Waals surface area contributed by atoms with E-state index in [0.717, 1.165) is 17.4 Å². The maximum Gasteiger partial charge on any atom is 0.346 e. The predicted octanol–water partition coefficient (Wildman–Crippen LogP) is 3.15. The lowest BCUT2D eigenvalue weighted by Gasteiger charge is -2.05. The summed E-state index contributed by atoms with van der Waals surface area (Å²) in [7, 11) is 1.40. The smallest absolute Gasteiger partial charge is 0.346 e. The van der Waals surface area contributed by atoms with E-state index in [1.54, 1.807) is 6.92 Å². The Balaban J connectivity index is 2.22. The number of nitrogens with one attached hydrogen (secondary N) is 1. The summed E-state index contributed by atoms with van der Waals surface area (Å²) in [4.78, 5) is 23.1. The maximum absolute atomic E-state index is 13.8. The van der Waals surface area contributed by atoms with Crippen LogP contribution in [0.25, 0.3) is 0 Å². The molecule has 2 N–H and O–H groups in total. The van der Waals surface area contributed by atoms with Gasteiger partial charge in [-0.2, -0.15) is 0 Å². The van der Waals surface area contributed by atoms with Gasteiger partial charge in [-0.05, 0) is 30.7 Å². The average Bonchev–Trinajstić information content (AvgIpc) is 2.79. The third kappa shape index (κ3) is 3.19. The molecule has 110 valence electrons. The van der Waals surface area contributed by atoms with Gasteiger partial charge in [0.1, 0.15) is 16.4 Å². The van der Waals surface area contributed by atoms with E-state index in [1.807, 2.05) is 0 Å². The zero-order chi connectivity index (χ0) is 15.6. The van der Waals surface area contributed by atoms with Gasteiger partial charge in [-0.15, -0.1) is 11.3 Å². The van der Waals surface area contributed by atoms with Crippen molar-refractivity contribution in [2.24, 2.45) is 0 Å². The molecule has 0 radical (unpaired) electrons. The summed E-state index contributed by atoms with van der Waals surface area (Å²) in [5, 5.41) is 11.8. The van der Waals surface area contributed by atoms with Crippen LogP contribution < -0.4 is 10.1 Å². The molecule has 0 bridgehead atoms. The summed E-state index contributed by atoms with van der Waals surface area (Å²) in [6.45, 7) is 1.63. The normalized spacial score (nSPS) is 10.2. The number of carbonyl (C=O) groups is 2. The minimum atomic E-state index is -1.06. The number of rotatable bonds is 4. The summed E-state index contributed by atoms with van der Waals surface area (Å²) in [6.07, 6.45) is 0. The van der Waals surface area contributed by atoms with Crippen LogP contribution >= 0.6 is 11.3 Å². The highest BCUT2D eigenvalue weighted by Gasteiger charge is 2.16. The zero-order valence-corrected chi connectivity index (χ0v) is 12.1. The van der Waals surface area contributed by atoms with E-state index in [0.29, 0.717) is 16.3 Å². The molecule has 0 aliphatic heterocycles. The Labute approximate surface area is 124 Å². The number of aromatic carboxylic acids is 1. The minimum Gasteiger partial charge on any atom is -0.497 e. The molecule has 1 aromatic carbocycles. The number of halogens is 1. The largest absolute Gasteiger partial charge is 0.497 e. The van der Waals surface area contributed by atoms with Crippen molar-refractivity contribution in [3.8, 4) is 5.75 Å². The fraction of sp³-hybridized carbons (Fsp3) is 0.143. The van der Waals surface area contributed by atoms with Gasteiger partial charge >= 0.3 is 5.97 Å². The van der Waals surface area contributed by atoms with Crippen LogP contribution in [0.2, 0.25) is 0 Å². The molecular weight excluding hydrogens is 297 g/mol. The Hall–Kier alpha value is -2.41. The second kappa shape index (κ2) is 5.92. The molecule has 7 heteroatoms. The summed E-state index contributed by atoms with van der Waals surface area (Å²) < 4.78 is 18.6. The standard InChI is InChI=1S/C14H12FNO4S/c1-7-5-11(21-12(7)14(18)19)16-13(17)9-4-3-8(20-2)6-10(9)15/h3-6H,1-2H3,(H,16,17)(H,18,19). The van der Waals surface area contributed by atoms with E-state index in [1.165, 1.54) is 25.3 Å². The number of amides is 1. The van der Waals surface area contributed by atoms with Crippen LogP contribution in [0, 0.1) is 12.7 Å². The predicted molar refractivity (Wildman–Crippen MR) is 76.9 cm³/mol. The summed E-state index contributed by atoms with van der Waals surface area (Å²) >= 11 is 0.925. The van der Waals surface area contributed by atoms with Crippen molar-refractivity contribution in [2.45, 2.75) is 6.92 Å². The van der Waals surface area contributed by atoms with E-state index in [9.17, 15) is 14.0 Å². The molecule has 0 saturated heterocycles. The minimum absolute atomic E-state index is 0.139. The first-order valence-corrected chi connectivity index (χ1v) is 6.72. The van der Waals surface area contributed by atoms with Gasteiger partial charge < -0.3 is 15.2 Å². The second-order valence-corrected chi connectivity index (χ2v) is 5.28. The maximum atomic E-state index is 13.8. The molecule has 2 aromatic rings. The molecule has 0 spiro atoms. The zero-order valence-electron chi connectivity index (χ0n) is 11.3. The van der Waals surface area contributed by atoms with Crippen LogP contribution in [0.3, 0.4) is 0 Å². The first-order valence-electron chi connectivity index (χ1n) is 5.91. The first kappa shape index (κ1) is 15.0. The van der Waals surface area contributed by atoms with E-state index in [4.69, 9.17) is 9.84 Å². The molecule has 21 heavy (non-hydrogen) atoms. The van der Waals surface area contributed by atoms with Crippen molar-refractivity contribution >= 4 is 28.2 Å². The highest BCUT2D eigenvalue weighted by Crippen LogP contribution is 2.27. The topological polar surface area (TPSA) is 75.6 Å². The molecule has 0 fully saturated rings. The first-order chi connectivity index (χ1) is 9.92. The highest BCUT2D eigenvalue weighted by atomic mass is 32.1. The van der Waals surface area contributed by atoms with Crippen LogP contribution in [0.5, 0.6) is 5.75 Å².